The molecule has 2 aromatic heterocycles. The van der Waals surface area contributed by atoms with Crippen molar-refractivity contribution in [1.29, 1.82) is 0 Å². The van der Waals surface area contributed by atoms with E-state index >= 15 is 0 Å². The maximum absolute atomic E-state index is 13.6. The van der Waals surface area contributed by atoms with Gasteiger partial charge in [-0.2, -0.15) is 10.1 Å². The fourth-order valence-corrected chi connectivity index (χ4v) is 5.70. The molecule has 2 aromatic rings. The van der Waals surface area contributed by atoms with E-state index in [4.69, 9.17) is 9.84 Å². The Hall–Kier alpha value is -2.86. The van der Waals surface area contributed by atoms with Crippen LogP contribution in [-0.2, 0) is 9.53 Å². The average molecular weight is 519 g/mol. The van der Waals surface area contributed by atoms with Gasteiger partial charge in [-0.3, -0.25) is 9.48 Å². The van der Waals surface area contributed by atoms with Gasteiger partial charge in [0.05, 0.1) is 42.6 Å². The first kappa shape index (κ1) is 25.8. The Morgan fingerprint density at radius 1 is 1.19 bits per heavy atom. The summed E-state index contributed by atoms with van der Waals surface area (Å²) in [5.41, 5.74) is 1.33. The summed E-state index contributed by atoms with van der Waals surface area (Å²) < 4.78 is 34.6. The first-order valence-electron chi connectivity index (χ1n) is 13.2. The van der Waals surface area contributed by atoms with Crippen molar-refractivity contribution in [3.05, 3.63) is 23.7 Å². The lowest BCUT2D eigenvalue weighted by Crippen LogP contribution is -2.40. The van der Waals surface area contributed by atoms with Crippen molar-refractivity contribution >= 4 is 23.4 Å². The normalized spacial score (nSPS) is 24.5. The molecular formula is C25H36F2N8O2. The number of aryl methyl sites for hydroxylation is 1. The highest BCUT2D eigenvalue weighted by Crippen LogP contribution is 2.40. The smallest absolute Gasteiger partial charge is 0.268 e. The Balaban J connectivity index is 1.22. The summed E-state index contributed by atoms with van der Waals surface area (Å²) in [5.74, 6) is 0.385. The summed E-state index contributed by atoms with van der Waals surface area (Å²) in [7, 11) is 2.22. The highest BCUT2D eigenvalue weighted by Gasteiger charge is 2.39. The molecule has 3 fully saturated rings. The van der Waals surface area contributed by atoms with Crippen molar-refractivity contribution in [1.82, 2.24) is 29.5 Å². The van der Waals surface area contributed by atoms with E-state index in [2.05, 4.69) is 32.5 Å². The zero-order chi connectivity index (χ0) is 25.9. The Bertz CT molecular complexity index is 1080. The molecule has 12 heteroatoms. The maximum atomic E-state index is 13.6. The molecule has 0 radical (unpaired) electrons. The van der Waals surface area contributed by atoms with E-state index in [0.29, 0.717) is 63.8 Å². The van der Waals surface area contributed by atoms with Crippen molar-refractivity contribution in [3.8, 4) is 0 Å². The van der Waals surface area contributed by atoms with Gasteiger partial charge in [0, 0.05) is 44.1 Å². The minimum absolute atomic E-state index is 0.0584. The maximum Gasteiger partial charge on any atom is 0.268 e. The zero-order valence-corrected chi connectivity index (χ0v) is 21.5. The van der Waals surface area contributed by atoms with Crippen LogP contribution in [0.25, 0.3) is 0 Å². The van der Waals surface area contributed by atoms with Crippen molar-refractivity contribution in [3.63, 3.8) is 0 Å². The van der Waals surface area contributed by atoms with Gasteiger partial charge in [0.25, 0.3) is 6.43 Å². The monoisotopic (exact) mass is 518 g/mol. The standard InChI is InChI=1S/C25H36F2N8O2/c1-16-21(15-35(32-16)19-12-17-4-5-18(13-19)33(17)2)30-25-29-14-20(23(26)27)24(31-25)28-7-3-8-34-9-11-37-10-6-22(34)36/h14-15,17-19,23H,3-13H2,1-2H3,(H2,28,29,30,31). The lowest BCUT2D eigenvalue weighted by atomic mass is 9.98. The third-order valence-corrected chi connectivity index (χ3v) is 7.88. The number of carbonyl (C=O) groups excluding carboxylic acids is 1. The first-order chi connectivity index (χ1) is 17.9. The molecule has 2 N–H and O–H groups in total. The number of piperidine rings is 1. The number of rotatable bonds is 9. The van der Waals surface area contributed by atoms with Gasteiger partial charge < -0.3 is 25.2 Å². The topological polar surface area (TPSA) is 100 Å². The van der Waals surface area contributed by atoms with Gasteiger partial charge in [-0.15, -0.1) is 0 Å². The highest BCUT2D eigenvalue weighted by atomic mass is 19.3. The summed E-state index contributed by atoms with van der Waals surface area (Å²) in [4.78, 5) is 24.8. The molecule has 0 aliphatic carbocycles. The zero-order valence-electron chi connectivity index (χ0n) is 21.5. The molecule has 5 heterocycles. The van der Waals surface area contributed by atoms with Crippen LogP contribution in [0.4, 0.5) is 26.2 Å². The van der Waals surface area contributed by atoms with E-state index in [1.54, 1.807) is 4.90 Å². The van der Waals surface area contributed by atoms with Gasteiger partial charge in [-0.05, 0) is 46.1 Å². The second-order valence-corrected chi connectivity index (χ2v) is 10.2. The molecule has 202 valence electrons. The second kappa shape index (κ2) is 11.3. The molecule has 2 atom stereocenters. The number of anilines is 3. The Labute approximate surface area is 215 Å². The van der Waals surface area contributed by atoms with Crippen LogP contribution >= 0.6 is 0 Å². The third-order valence-electron chi connectivity index (χ3n) is 7.88. The van der Waals surface area contributed by atoms with E-state index < -0.39 is 6.43 Å². The Morgan fingerprint density at radius 3 is 2.73 bits per heavy atom. The Morgan fingerprint density at radius 2 is 1.97 bits per heavy atom. The van der Waals surface area contributed by atoms with Crippen LogP contribution in [0, 0.1) is 6.92 Å². The lowest BCUT2D eigenvalue weighted by molar-refractivity contribution is -0.130. The van der Waals surface area contributed by atoms with Crippen LogP contribution < -0.4 is 10.6 Å². The number of carbonyl (C=O) groups is 1. The predicted octanol–water partition coefficient (Wildman–Crippen LogP) is 3.51. The quantitative estimate of drug-likeness (QED) is 0.487. The molecule has 10 nitrogen and oxygen atoms in total. The van der Waals surface area contributed by atoms with Crippen molar-refractivity contribution in [2.45, 2.75) is 70.0 Å². The van der Waals surface area contributed by atoms with E-state index in [0.717, 1.165) is 30.4 Å². The number of aromatic nitrogens is 4. The van der Waals surface area contributed by atoms with Gasteiger partial charge in [-0.1, -0.05) is 0 Å². The molecule has 3 aliphatic heterocycles. The van der Waals surface area contributed by atoms with Gasteiger partial charge in [-0.25, -0.2) is 13.8 Å². The van der Waals surface area contributed by atoms with E-state index in [9.17, 15) is 13.6 Å². The summed E-state index contributed by atoms with van der Waals surface area (Å²) in [6.07, 6.45) is 6.05. The number of hydrogen-bond acceptors (Lipinski definition) is 8. The molecule has 0 saturated carbocycles. The fraction of sp³-hybridized carbons (Fsp3) is 0.680. The molecule has 1 amide bonds. The van der Waals surface area contributed by atoms with Crippen LogP contribution in [0.1, 0.15) is 62.2 Å². The van der Waals surface area contributed by atoms with E-state index in [1.165, 1.54) is 12.8 Å². The molecule has 37 heavy (non-hydrogen) atoms. The van der Waals surface area contributed by atoms with Crippen molar-refractivity contribution in [2.75, 3.05) is 50.5 Å². The molecule has 3 aliphatic rings. The fourth-order valence-electron chi connectivity index (χ4n) is 5.70. The molecule has 0 spiro atoms. The molecule has 2 bridgehead atoms. The number of hydrogen-bond donors (Lipinski definition) is 2. The lowest BCUT2D eigenvalue weighted by Gasteiger charge is -2.36. The SMILES string of the molecule is Cc1nn(C2CC3CCC(C2)N3C)cc1Nc1ncc(C(F)F)c(NCCCN2CCOCCC2=O)n1. The molecule has 2 unspecified atom stereocenters. The number of ether oxygens (including phenoxy) is 1. The third kappa shape index (κ3) is 5.85. The minimum Gasteiger partial charge on any atom is -0.379 e. The van der Waals surface area contributed by atoms with Crippen LogP contribution in [-0.4, -0.2) is 87.4 Å². The summed E-state index contributed by atoms with van der Waals surface area (Å²) >= 11 is 0. The van der Waals surface area contributed by atoms with Crippen LogP contribution in [0.3, 0.4) is 0 Å². The first-order valence-corrected chi connectivity index (χ1v) is 13.2. The van der Waals surface area contributed by atoms with Crippen LogP contribution in [0.2, 0.25) is 0 Å². The summed E-state index contributed by atoms with van der Waals surface area (Å²) in [6, 6.07) is 1.56. The Kier molecular flexibility index (Phi) is 7.84. The van der Waals surface area contributed by atoms with Gasteiger partial charge in [0.15, 0.2) is 0 Å². The van der Waals surface area contributed by atoms with E-state index in [-0.39, 0.29) is 23.2 Å². The number of amides is 1. The molecule has 3 saturated heterocycles. The number of nitrogens with zero attached hydrogens (tertiary/aromatic N) is 6. The van der Waals surface area contributed by atoms with Crippen molar-refractivity contribution in [2.24, 2.45) is 0 Å². The molecule has 5 rings (SSSR count). The average Bonchev–Trinajstić information content (AvgIpc) is 3.21. The number of halogens is 2. The summed E-state index contributed by atoms with van der Waals surface area (Å²) in [5, 5.41) is 10.9. The van der Waals surface area contributed by atoms with Gasteiger partial charge in [0.1, 0.15) is 5.82 Å². The van der Waals surface area contributed by atoms with Gasteiger partial charge in [0.2, 0.25) is 11.9 Å². The highest BCUT2D eigenvalue weighted by molar-refractivity contribution is 5.76. The largest absolute Gasteiger partial charge is 0.379 e. The minimum atomic E-state index is -2.70. The number of nitrogens with one attached hydrogen (secondary N) is 2. The molecule has 0 aromatic carbocycles. The van der Waals surface area contributed by atoms with Gasteiger partial charge >= 0.3 is 0 Å². The van der Waals surface area contributed by atoms with Crippen LogP contribution in [0.15, 0.2) is 12.4 Å². The predicted molar refractivity (Wildman–Crippen MR) is 135 cm³/mol. The number of fused-ring (bicyclic) bond motifs is 2. The molecular weight excluding hydrogens is 482 g/mol. The second-order valence-electron chi connectivity index (χ2n) is 10.2. The van der Waals surface area contributed by atoms with Crippen LogP contribution in [0.5, 0.6) is 0 Å². The summed E-state index contributed by atoms with van der Waals surface area (Å²) in [6.45, 7) is 4.37. The number of alkyl halides is 2. The van der Waals surface area contributed by atoms with E-state index in [1.807, 2.05) is 17.8 Å². The van der Waals surface area contributed by atoms with Crippen molar-refractivity contribution < 1.29 is 18.3 Å².